The zero-order valence-electron chi connectivity index (χ0n) is 17.0. The van der Waals surface area contributed by atoms with Crippen molar-refractivity contribution in [3.8, 4) is 22.8 Å². The van der Waals surface area contributed by atoms with E-state index in [1.807, 2.05) is 12.1 Å². The van der Waals surface area contributed by atoms with Crippen molar-refractivity contribution in [1.29, 1.82) is 0 Å². The number of nitrogens with zero attached hydrogens (tertiary/aromatic N) is 1. The number of aryl methyl sites for hydroxylation is 1. The van der Waals surface area contributed by atoms with Crippen molar-refractivity contribution in [2.45, 2.75) is 19.3 Å². The highest BCUT2D eigenvalue weighted by atomic mass is 79.9. The van der Waals surface area contributed by atoms with Gasteiger partial charge < -0.3 is 19.2 Å². The fraction of sp³-hybridized carbons (Fsp3) is 0.273. The van der Waals surface area contributed by atoms with E-state index in [2.05, 4.69) is 26.2 Å². The quantitative estimate of drug-likeness (QED) is 0.467. The number of ether oxygens (including phenoxy) is 2. The number of amides is 1. The lowest BCUT2D eigenvalue weighted by Crippen LogP contribution is -2.26. The van der Waals surface area contributed by atoms with E-state index < -0.39 is 11.6 Å². The molecule has 0 aliphatic heterocycles. The second-order valence-electron chi connectivity index (χ2n) is 6.61. The first-order valence-electron chi connectivity index (χ1n) is 9.49. The molecule has 1 aromatic heterocycles. The Morgan fingerprint density at radius 2 is 1.81 bits per heavy atom. The Bertz CT molecular complexity index is 1050. The summed E-state index contributed by atoms with van der Waals surface area (Å²) in [6.45, 7) is 0.421. The normalized spacial score (nSPS) is 10.7. The van der Waals surface area contributed by atoms with Crippen molar-refractivity contribution in [1.82, 2.24) is 10.3 Å². The van der Waals surface area contributed by atoms with Crippen LogP contribution in [-0.4, -0.2) is 31.7 Å². The standard InChI is InChI=1S/C22H21BrF2N2O4/c1-29-17-10-13(14(23)11-18(17)30-2)8-9-26-20(28)6-7-21-27-12-19(31-21)22-15(24)4-3-5-16(22)25/h3-5,10-12H,6-9H2,1-2H3,(H,26,28). The minimum absolute atomic E-state index is 0.00990. The van der Waals surface area contributed by atoms with E-state index in [0.717, 1.165) is 22.2 Å². The van der Waals surface area contributed by atoms with Gasteiger partial charge in [-0.2, -0.15) is 0 Å². The van der Waals surface area contributed by atoms with Crippen molar-refractivity contribution in [3.63, 3.8) is 0 Å². The molecule has 164 valence electrons. The third kappa shape index (κ3) is 5.61. The molecule has 1 amide bonds. The molecule has 0 spiro atoms. The Labute approximate surface area is 186 Å². The molecule has 3 aromatic rings. The number of hydrogen-bond donors (Lipinski definition) is 1. The molecule has 0 radical (unpaired) electrons. The summed E-state index contributed by atoms with van der Waals surface area (Å²) >= 11 is 3.49. The van der Waals surface area contributed by atoms with E-state index in [9.17, 15) is 13.6 Å². The summed E-state index contributed by atoms with van der Waals surface area (Å²) in [4.78, 5) is 16.2. The monoisotopic (exact) mass is 494 g/mol. The van der Waals surface area contributed by atoms with Gasteiger partial charge in [-0.3, -0.25) is 4.79 Å². The van der Waals surface area contributed by atoms with E-state index in [1.165, 1.54) is 12.3 Å². The van der Waals surface area contributed by atoms with Gasteiger partial charge in [-0.25, -0.2) is 13.8 Å². The number of halogens is 3. The number of oxazole rings is 1. The van der Waals surface area contributed by atoms with Gasteiger partial charge in [0.15, 0.2) is 23.1 Å². The molecule has 0 aliphatic carbocycles. The lowest BCUT2D eigenvalue weighted by molar-refractivity contribution is -0.121. The predicted molar refractivity (Wildman–Crippen MR) is 114 cm³/mol. The largest absolute Gasteiger partial charge is 0.493 e. The van der Waals surface area contributed by atoms with Gasteiger partial charge in [0, 0.05) is 23.9 Å². The maximum atomic E-state index is 13.8. The van der Waals surface area contributed by atoms with E-state index >= 15 is 0 Å². The number of aromatic nitrogens is 1. The number of rotatable bonds is 9. The lowest BCUT2D eigenvalue weighted by Gasteiger charge is -2.12. The molecule has 0 atom stereocenters. The molecule has 0 saturated carbocycles. The van der Waals surface area contributed by atoms with Crippen LogP contribution < -0.4 is 14.8 Å². The highest BCUT2D eigenvalue weighted by molar-refractivity contribution is 9.10. The fourth-order valence-electron chi connectivity index (χ4n) is 3.01. The molecule has 6 nitrogen and oxygen atoms in total. The van der Waals surface area contributed by atoms with Crippen molar-refractivity contribution in [2.75, 3.05) is 20.8 Å². The minimum Gasteiger partial charge on any atom is -0.493 e. The van der Waals surface area contributed by atoms with Crippen LogP contribution in [-0.2, 0) is 17.6 Å². The average molecular weight is 495 g/mol. The van der Waals surface area contributed by atoms with E-state index in [4.69, 9.17) is 13.9 Å². The van der Waals surface area contributed by atoms with Crippen LogP contribution in [0.5, 0.6) is 11.5 Å². The zero-order valence-corrected chi connectivity index (χ0v) is 18.6. The number of carbonyl (C=O) groups is 1. The number of hydrogen-bond acceptors (Lipinski definition) is 5. The van der Waals surface area contributed by atoms with Crippen molar-refractivity contribution in [2.24, 2.45) is 0 Å². The Morgan fingerprint density at radius 3 is 2.48 bits per heavy atom. The molecular formula is C22H21BrF2N2O4. The number of carbonyl (C=O) groups excluding carboxylic acids is 1. The molecule has 2 aromatic carbocycles. The SMILES string of the molecule is COc1cc(Br)c(CCNC(=O)CCc2ncc(-c3c(F)cccc3F)o2)cc1OC. The van der Waals surface area contributed by atoms with Crippen molar-refractivity contribution in [3.05, 3.63) is 64.1 Å². The van der Waals surface area contributed by atoms with Crippen LogP contribution in [0.15, 0.2) is 45.4 Å². The van der Waals surface area contributed by atoms with Gasteiger partial charge >= 0.3 is 0 Å². The smallest absolute Gasteiger partial charge is 0.220 e. The van der Waals surface area contributed by atoms with E-state index in [0.29, 0.717) is 24.5 Å². The third-order valence-electron chi connectivity index (χ3n) is 4.60. The summed E-state index contributed by atoms with van der Waals surface area (Å²) < 4.78 is 44.5. The second kappa shape index (κ2) is 10.4. The first-order valence-corrected chi connectivity index (χ1v) is 10.3. The Morgan fingerprint density at radius 1 is 1.13 bits per heavy atom. The van der Waals surface area contributed by atoms with Crippen LogP contribution in [0, 0.1) is 11.6 Å². The number of methoxy groups -OCH3 is 2. The highest BCUT2D eigenvalue weighted by Gasteiger charge is 2.16. The van der Waals surface area contributed by atoms with Gasteiger partial charge in [0.25, 0.3) is 0 Å². The lowest BCUT2D eigenvalue weighted by atomic mass is 10.1. The van der Waals surface area contributed by atoms with Gasteiger partial charge in [0.2, 0.25) is 5.91 Å². The van der Waals surface area contributed by atoms with E-state index in [-0.39, 0.29) is 36.0 Å². The third-order valence-corrected chi connectivity index (χ3v) is 5.34. The first kappa shape index (κ1) is 22.7. The Kier molecular flexibility index (Phi) is 7.62. The molecule has 31 heavy (non-hydrogen) atoms. The molecular weight excluding hydrogens is 474 g/mol. The van der Waals surface area contributed by atoms with E-state index in [1.54, 1.807) is 14.2 Å². The Balaban J connectivity index is 1.51. The van der Waals surface area contributed by atoms with Crippen LogP contribution in [0.1, 0.15) is 17.9 Å². The molecule has 0 fully saturated rings. The van der Waals surface area contributed by atoms with Gasteiger partial charge in [-0.05, 0) is 36.2 Å². The van der Waals surface area contributed by atoms with Crippen molar-refractivity contribution < 1.29 is 27.5 Å². The van der Waals surface area contributed by atoms with Crippen LogP contribution in [0.2, 0.25) is 0 Å². The summed E-state index contributed by atoms with van der Waals surface area (Å²) in [5.74, 6) is -0.211. The topological polar surface area (TPSA) is 73.6 Å². The number of benzene rings is 2. The average Bonchev–Trinajstić information content (AvgIpc) is 3.21. The molecule has 3 rings (SSSR count). The molecule has 0 bridgehead atoms. The molecule has 9 heteroatoms. The summed E-state index contributed by atoms with van der Waals surface area (Å²) in [5, 5.41) is 2.83. The van der Waals surface area contributed by atoms with Crippen molar-refractivity contribution >= 4 is 21.8 Å². The van der Waals surface area contributed by atoms with Crippen LogP contribution >= 0.6 is 15.9 Å². The molecule has 1 N–H and O–H groups in total. The maximum Gasteiger partial charge on any atom is 0.220 e. The van der Waals surface area contributed by atoms with Gasteiger partial charge in [0.1, 0.15) is 11.6 Å². The fourth-order valence-corrected chi connectivity index (χ4v) is 3.53. The summed E-state index contributed by atoms with van der Waals surface area (Å²) in [6, 6.07) is 7.23. The summed E-state index contributed by atoms with van der Waals surface area (Å²) in [6.07, 6.45) is 2.18. The molecule has 1 heterocycles. The molecule has 0 saturated heterocycles. The number of nitrogens with one attached hydrogen (secondary N) is 1. The van der Waals surface area contributed by atoms with Crippen LogP contribution in [0.4, 0.5) is 8.78 Å². The minimum atomic E-state index is -0.734. The van der Waals surface area contributed by atoms with Gasteiger partial charge in [-0.1, -0.05) is 22.0 Å². The maximum absolute atomic E-state index is 13.8. The molecule has 0 unspecified atom stereocenters. The zero-order chi connectivity index (χ0) is 22.4. The summed E-state index contributed by atoms with van der Waals surface area (Å²) in [7, 11) is 3.12. The first-order chi connectivity index (χ1) is 14.9. The molecule has 0 aliphatic rings. The summed E-state index contributed by atoms with van der Waals surface area (Å²) in [5.41, 5.74) is 0.688. The predicted octanol–water partition coefficient (Wildman–Crippen LogP) is 4.69. The van der Waals surface area contributed by atoms with Crippen LogP contribution in [0.3, 0.4) is 0 Å². The van der Waals surface area contributed by atoms with Crippen LogP contribution in [0.25, 0.3) is 11.3 Å². The van der Waals surface area contributed by atoms with Gasteiger partial charge in [0.05, 0.1) is 26.0 Å². The highest BCUT2D eigenvalue weighted by Crippen LogP contribution is 2.33. The van der Waals surface area contributed by atoms with Gasteiger partial charge in [-0.15, -0.1) is 0 Å². The second-order valence-corrected chi connectivity index (χ2v) is 7.47. The Hall–Kier alpha value is -2.94.